The third kappa shape index (κ3) is 7.71. The molecule has 7 heteroatoms. The number of amides is 1. The summed E-state index contributed by atoms with van der Waals surface area (Å²) in [6.45, 7) is 5.08. The van der Waals surface area contributed by atoms with Crippen LogP contribution in [0.3, 0.4) is 0 Å². The maximum absolute atomic E-state index is 11.7. The van der Waals surface area contributed by atoms with Crippen LogP contribution in [0.4, 0.5) is 4.79 Å². The fourth-order valence-corrected chi connectivity index (χ4v) is 1.69. The number of ether oxygens (including phenoxy) is 2. The number of carboxylic acids is 1. The highest BCUT2D eigenvalue weighted by atomic mass is 16.6. The van der Waals surface area contributed by atoms with Crippen LogP contribution in [0.25, 0.3) is 0 Å². The first-order valence-electron chi connectivity index (χ1n) is 7.04. The van der Waals surface area contributed by atoms with Gasteiger partial charge in [-0.3, -0.25) is 4.79 Å². The summed E-state index contributed by atoms with van der Waals surface area (Å²) < 4.78 is 10.6. The number of rotatable bonds is 6. The number of carboxylic acid groups (broad SMARTS) is 1. The van der Waals surface area contributed by atoms with E-state index in [0.29, 0.717) is 11.3 Å². The maximum Gasteiger partial charge on any atom is 0.408 e. The molecule has 0 spiro atoms. The van der Waals surface area contributed by atoms with Gasteiger partial charge in [-0.1, -0.05) is 6.07 Å². The van der Waals surface area contributed by atoms with Crippen molar-refractivity contribution in [3.05, 3.63) is 29.8 Å². The summed E-state index contributed by atoms with van der Waals surface area (Å²) in [5.41, 5.74) is -0.253. The van der Waals surface area contributed by atoms with E-state index in [1.807, 2.05) is 6.07 Å². The lowest BCUT2D eigenvalue weighted by atomic mass is 10.2. The second kappa shape index (κ2) is 8.03. The molecule has 2 N–H and O–H groups in total. The fraction of sp³-hybridized carbons (Fsp3) is 0.438. The van der Waals surface area contributed by atoms with Gasteiger partial charge in [-0.2, -0.15) is 5.26 Å². The normalized spacial score (nSPS) is 11.9. The van der Waals surface area contributed by atoms with Crippen LogP contribution in [0.15, 0.2) is 24.3 Å². The monoisotopic (exact) mass is 320 g/mol. The molecular formula is C16H20N2O5. The minimum absolute atomic E-state index is 0.0551. The number of hydrogen-bond donors (Lipinski definition) is 2. The second-order valence-corrected chi connectivity index (χ2v) is 5.89. The Bertz CT molecular complexity index is 601. The third-order valence-electron chi connectivity index (χ3n) is 2.56. The first-order valence-corrected chi connectivity index (χ1v) is 7.04. The molecule has 1 aromatic rings. The highest BCUT2D eigenvalue weighted by molar-refractivity contribution is 5.71. The predicted molar refractivity (Wildman–Crippen MR) is 82.1 cm³/mol. The molecule has 124 valence electrons. The van der Waals surface area contributed by atoms with E-state index in [1.54, 1.807) is 39.0 Å². The number of alkyl carbamates (subject to hydrolysis) is 1. The molecule has 0 aromatic heterocycles. The third-order valence-corrected chi connectivity index (χ3v) is 2.56. The molecule has 7 nitrogen and oxygen atoms in total. The van der Waals surface area contributed by atoms with Crippen molar-refractivity contribution in [3.8, 4) is 11.8 Å². The summed E-state index contributed by atoms with van der Waals surface area (Å²) in [4.78, 5) is 22.6. The molecule has 1 amide bonds. The van der Waals surface area contributed by atoms with Crippen LogP contribution >= 0.6 is 0 Å². The second-order valence-electron chi connectivity index (χ2n) is 5.89. The number of nitrogens with zero attached hydrogens (tertiary/aromatic N) is 1. The van der Waals surface area contributed by atoms with E-state index in [-0.39, 0.29) is 13.0 Å². The molecule has 0 aliphatic carbocycles. The van der Waals surface area contributed by atoms with Gasteiger partial charge in [-0.15, -0.1) is 0 Å². The molecule has 1 aromatic carbocycles. The van der Waals surface area contributed by atoms with Crippen molar-refractivity contribution in [1.82, 2.24) is 5.32 Å². The quantitative estimate of drug-likeness (QED) is 0.832. The van der Waals surface area contributed by atoms with Gasteiger partial charge < -0.3 is 19.9 Å². The van der Waals surface area contributed by atoms with Gasteiger partial charge >= 0.3 is 12.1 Å². The molecule has 1 atom stereocenters. The smallest absolute Gasteiger partial charge is 0.408 e. The van der Waals surface area contributed by atoms with Crippen LogP contribution in [0.2, 0.25) is 0 Å². The minimum atomic E-state index is -1.07. The van der Waals surface area contributed by atoms with E-state index in [0.717, 1.165) is 0 Å². The number of aliphatic carboxylic acids is 1. The number of hydrogen-bond acceptors (Lipinski definition) is 5. The van der Waals surface area contributed by atoms with E-state index in [2.05, 4.69) is 5.32 Å². The Labute approximate surface area is 134 Å². The van der Waals surface area contributed by atoms with Crippen molar-refractivity contribution >= 4 is 12.1 Å². The summed E-state index contributed by atoms with van der Waals surface area (Å²) in [6.07, 6.45) is -1.02. The highest BCUT2D eigenvalue weighted by Gasteiger charge is 2.21. The molecule has 0 fully saturated rings. The average Bonchev–Trinajstić information content (AvgIpc) is 2.42. The molecule has 1 rings (SSSR count). The zero-order valence-electron chi connectivity index (χ0n) is 13.3. The van der Waals surface area contributed by atoms with Crippen LogP contribution in [0.5, 0.6) is 5.75 Å². The van der Waals surface area contributed by atoms with Crippen molar-refractivity contribution in [2.75, 3.05) is 6.61 Å². The summed E-state index contributed by atoms with van der Waals surface area (Å²) >= 11 is 0. The van der Waals surface area contributed by atoms with Gasteiger partial charge in [-0.25, -0.2) is 4.79 Å². The number of benzene rings is 1. The highest BCUT2D eigenvalue weighted by Crippen LogP contribution is 2.13. The zero-order valence-corrected chi connectivity index (χ0v) is 13.3. The lowest BCUT2D eigenvalue weighted by molar-refractivity contribution is -0.137. The molecule has 0 aliphatic rings. The molecule has 0 bridgehead atoms. The summed E-state index contributed by atoms with van der Waals surface area (Å²) in [7, 11) is 0. The Balaban J connectivity index is 2.65. The van der Waals surface area contributed by atoms with Crippen LogP contribution in [-0.2, 0) is 9.53 Å². The molecule has 0 unspecified atom stereocenters. The van der Waals surface area contributed by atoms with Crippen molar-refractivity contribution < 1.29 is 24.2 Å². The molecule has 0 aliphatic heterocycles. The Hall–Kier alpha value is -2.75. The Morgan fingerprint density at radius 2 is 2.09 bits per heavy atom. The summed E-state index contributed by atoms with van der Waals surface area (Å²) in [6, 6.07) is 7.68. The average molecular weight is 320 g/mol. The molecule has 0 radical (unpaired) electrons. The molecular weight excluding hydrogens is 300 g/mol. The maximum atomic E-state index is 11.7. The van der Waals surface area contributed by atoms with Crippen molar-refractivity contribution in [3.63, 3.8) is 0 Å². The van der Waals surface area contributed by atoms with E-state index in [1.165, 1.54) is 6.07 Å². The standard InChI is InChI=1S/C16H20N2O5/c1-16(2,3)23-15(21)18-12(8-14(19)20)10-22-13-6-4-5-11(7-13)9-17/h4-7,12H,8,10H2,1-3H3,(H,18,21)(H,19,20)/t12-/m0/s1. The topological polar surface area (TPSA) is 109 Å². The van der Waals surface area contributed by atoms with Crippen LogP contribution in [0, 0.1) is 11.3 Å². The van der Waals surface area contributed by atoms with E-state index >= 15 is 0 Å². The molecule has 0 saturated heterocycles. The van der Waals surface area contributed by atoms with Crippen LogP contribution in [-0.4, -0.2) is 35.4 Å². The first kappa shape index (κ1) is 18.3. The SMILES string of the molecule is CC(C)(C)OC(=O)N[C@H](COc1cccc(C#N)c1)CC(=O)O. The Kier molecular flexibility index (Phi) is 6.39. The van der Waals surface area contributed by atoms with Gasteiger partial charge in [0.25, 0.3) is 0 Å². The lowest BCUT2D eigenvalue weighted by Crippen LogP contribution is -2.43. The molecule has 0 heterocycles. The largest absolute Gasteiger partial charge is 0.491 e. The van der Waals surface area contributed by atoms with Gasteiger partial charge in [0.15, 0.2) is 0 Å². The molecule has 23 heavy (non-hydrogen) atoms. The van der Waals surface area contributed by atoms with E-state index in [9.17, 15) is 9.59 Å². The number of carbonyl (C=O) groups is 2. The first-order chi connectivity index (χ1) is 10.7. The Morgan fingerprint density at radius 1 is 1.39 bits per heavy atom. The number of nitriles is 1. The van der Waals surface area contributed by atoms with Gasteiger partial charge in [0.05, 0.1) is 24.1 Å². The van der Waals surface area contributed by atoms with Crippen molar-refractivity contribution in [2.45, 2.75) is 38.8 Å². The van der Waals surface area contributed by atoms with Gasteiger partial charge in [-0.05, 0) is 39.0 Å². The molecule has 0 saturated carbocycles. The Morgan fingerprint density at radius 3 is 2.65 bits per heavy atom. The summed E-state index contributed by atoms with van der Waals surface area (Å²) in [5, 5.41) is 20.2. The predicted octanol–water partition coefficient (Wildman–Crippen LogP) is 2.31. The minimum Gasteiger partial charge on any atom is -0.491 e. The van der Waals surface area contributed by atoms with Gasteiger partial charge in [0.1, 0.15) is 18.0 Å². The van der Waals surface area contributed by atoms with E-state index in [4.69, 9.17) is 19.8 Å². The van der Waals surface area contributed by atoms with Crippen molar-refractivity contribution in [2.24, 2.45) is 0 Å². The van der Waals surface area contributed by atoms with Gasteiger partial charge in [0.2, 0.25) is 0 Å². The lowest BCUT2D eigenvalue weighted by Gasteiger charge is -2.23. The van der Waals surface area contributed by atoms with Crippen LogP contribution in [0.1, 0.15) is 32.8 Å². The van der Waals surface area contributed by atoms with Crippen molar-refractivity contribution in [1.29, 1.82) is 5.26 Å². The zero-order chi connectivity index (χ0) is 17.5. The van der Waals surface area contributed by atoms with E-state index < -0.39 is 23.7 Å². The summed E-state index contributed by atoms with van der Waals surface area (Å²) in [5.74, 6) is -0.647. The fourth-order valence-electron chi connectivity index (χ4n) is 1.69. The van der Waals surface area contributed by atoms with Gasteiger partial charge in [0, 0.05) is 0 Å². The van der Waals surface area contributed by atoms with Crippen LogP contribution < -0.4 is 10.1 Å². The number of nitrogens with one attached hydrogen (secondary N) is 1. The number of carbonyl (C=O) groups excluding carboxylic acids is 1.